The first-order valence-corrected chi connectivity index (χ1v) is 3.96. The third-order valence-electron chi connectivity index (χ3n) is 1.84. The lowest BCUT2D eigenvalue weighted by molar-refractivity contribution is 0.0697. The average Bonchev–Trinajstić information content (AvgIpc) is 2.70. The fourth-order valence-corrected chi connectivity index (χ4v) is 1.21. The molecule has 2 heterocycles. The van der Waals surface area contributed by atoms with E-state index in [4.69, 9.17) is 5.11 Å². The molecule has 0 aliphatic carbocycles. The Morgan fingerprint density at radius 2 is 2.21 bits per heavy atom. The Morgan fingerprint density at radius 3 is 2.86 bits per heavy atom. The van der Waals surface area contributed by atoms with E-state index >= 15 is 0 Å². The van der Waals surface area contributed by atoms with Crippen LogP contribution in [0.25, 0.3) is 11.3 Å². The van der Waals surface area contributed by atoms with E-state index in [9.17, 15) is 4.79 Å². The third-order valence-corrected chi connectivity index (χ3v) is 1.84. The van der Waals surface area contributed by atoms with E-state index in [2.05, 4.69) is 15.2 Å². The zero-order chi connectivity index (χ0) is 9.97. The number of pyridine rings is 1. The molecule has 0 bridgehead atoms. The first-order valence-electron chi connectivity index (χ1n) is 3.96. The summed E-state index contributed by atoms with van der Waals surface area (Å²) in [5.74, 6) is -0.997. The van der Waals surface area contributed by atoms with Gasteiger partial charge in [0.1, 0.15) is 0 Å². The van der Waals surface area contributed by atoms with E-state index < -0.39 is 5.97 Å². The summed E-state index contributed by atoms with van der Waals surface area (Å²) in [6.07, 6.45) is 4.43. The van der Waals surface area contributed by atoms with Crippen molar-refractivity contribution in [2.75, 3.05) is 0 Å². The molecule has 5 nitrogen and oxygen atoms in total. The topological polar surface area (TPSA) is 78.9 Å². The highest BCUT2D eigenvalue weighted by Gasteiger charge is 2.11. The van der Waals surface area contributed by atoms with Crippen LogP contribution in [0.2, 0.25) is 0 Å². The number of aromatic amines is 1. The summed E-state index contributed by atoms with van der Waals surface area (Å²) in [6.45, 7) is 0. The normalized spacial score (nSPS) is 10.0. The average molecular weight is 189 g/mol. The second kappa shape index (κ2) is 3.29. The lowest BCUT2D eigenvalue weighted by Gasteiger charge is -2.01. The molecule has 2 aromatic rings. The van der Waals surface area contributed by atoms with E-state index in [1.807, 2.05) is 0 Å². The van der Waals surface area contributed by atoms with Crippen molar-refractivity contribution < 1.29 is 9.90 Å². The molecule has 0 unspecified atom stereocenters. The summed E-state index contributed by atoms with van der Waals surface area (Å²) in [5, 5.41) is 15.4. The van der Waals surface area contributed by atoms with Crippen LogP contribution >= 0.6 is 0 Å². The van der Waals surface area contributed by atoms with Crippen LogP contribution in [-0.2, 0) is 0 Å². The highest BCUT2D eigenvalue weighted by atomic mass is 16.4. The molecule has 0 atom stereocenters. The predicted molar refractivity (Wildman–Crippen MR) is 48.8 cm³/mol. The van der Waals surface area contributed by atoms with Crippen LogP contribution in [0, 0.1) is 0 Å². The van der Waals surface area contributed by atoms with Gasteiger partial charge in [0.2, 0.25) is 0 Å². The molecular weight excluding hydrogens is 182 g/mol. The standard InChI is InChI=1S/C9H7N3O2/c13-9(14)7-5-10-3-1-6(7)8-2-4-11-12-8/h1-5H,(H,11,12)(H,13,14). The van der Waals surface area contributed by atoms with Crippen molar-refractivity contribution in [3.63, 3.8) is 0 Å². The van der Waals surface area contributed by atoms with Crippen LogP contribution in [0.3, 0.4) is 0 Å². The summed E-state index contributed by atoms with van der Waals surface area (Å²) in [6, 6.07) is 3.35. The Labute approximate surface area is 79.4 Å². The Balaban J connectivity index is 2.58. The van der Waals surface area contributed by atoms with Crippen molar-refractivity contribution in [2.24, 2.45) is 0 Å². The minimum absolute atomic E-state index is 0.164. The number of hydrogen-bond acceptors (Lipinski definition) is 3. The van der Waals surface area contributed by atoms with Gasteiger partial charge in [0.15, 0.2) is 0 Å². The first-order chi connectivity index (χ1) is 6.79. The predicted octanol–water partition coefficient (Wildman–Crippen LogP) is 1.17. The zero-order valence-electron chi connectivity index (χ0n) is 7.14. The Morgan fingerprint density at radius 1 is 1.36 bits per heavy atom. The van der Waals surface area contributed by atoms with Gasteiger partial charge >= 0.3 is 5.97 Å². The van der Waals surface area contributed by atoms with Gasteiger partial charge in [0.25, 0.3) is 0 Å². The van der Waals surface area contributed by atoms with Gasteiger partial charge in [-0.3, -0.25) is 10.1 Å². The summed E-state index contributed by atoms with van der Waals surface area (Å²) >= 11 is 0. The quantitative estimate of drug-likeness (QED) is 0.743. The van der Waals surface area contributed by atoms with Gasteiger partial charge in [-0.2, -0.15) is 5.10 Å². The van der Waals surface area contributed by atoms with Crippen molar-refractivity contribution in [3.05, 3.63) is 36.3 Å². The molecule has 2 rings (SSSR count). The number of carboxylic acids is 1. The number of aromatic nitrogens is 3. The third kappa shape index (κ3) is 1.35. The van der Waals surface area contributed by atoms with Gasteiger partial charge in [0.05, 0.1) is 11.3 Å². The summed E-state index contributed by atoms with van der Waals surface area (Å²) in [5.41, 5.74) is 1.42. The summed E-state index contributed by atoms with van der Waals surface area (Å²) in [7, 11) is 0. The molecule has 0 saturated carbocycles. The van der Waals surface area contributed by atoms with Crippen LogP contribution in [0.4, 0.5) is 0 Å². The Hall–Kier alpha value is -2.17. The first kappa shape index (κ1) is 8.43. The number of nitrogens with one attached hydrogen (secondary N) is 1. The zero-order valence-corrected chi connectivity index (χ0v) is 7.14. The van der Waals surface area contributed by atoms with Gasteiger partial charge in [-0.25, -0.2) is 4.79 Å². The van der Waals surface area contributed by atoms with Crippen molar-refractivity contribution in [3.8, 4) is 11.3 Å². The van der Waals surface area contributed by atoms with E-state index in [1.54, 1.807) is 24.5 Å². The number of aromatic carboxylic acids is 1. The lowest BCUT2D eigenvalue weighted by atomic mass is 10.1. The van der Waals surface area contributed by atoms with Gasteiger partial charge in [0, 0.05) is 24.2 Å². The van der Waals surface area contributed by atoms with Gasteiger partial charge < -0.3 is 5.11 Å². The molecule has 70 valence electrons. The van der Waals surface area contributed by atoms with Crippen LogP contribution in [0.1, 0.15) is 10.4 Å². The van der Waals surface area contributed by atoms with E-state index in [-0.39, 0.29) is 5.56 Å². The molecule has 0 aliphatic rings. The molecular formula is C9H7N3O2. The minimum Gasteiger partial charge on any atom is -0.478 e. The van der Waals surface area contributed by atoms with E-state index in [1.165, 1.54) is 6.20 Å². The van der Waals surface area contributed by atoms with Crippen LogP contribution < -0.4 is 0 Å². The molecule has 0 radical (unpaired) electrons. The molecule has 0 saturated heterocycles. The summed E-state index contributed by atoms with van der Waals surface area (Å²) in [4.78, 5) is 14.6. The molecule has 2 aromatic heterocycles. The minimum atomic E-state index is -0.997. The molecule has 2 N–H and O–H groups in total. The van der Waals surface area contributed by atoms with Gasteiger partial charge in [-0.05, 0) is 12.1 Å². The van der Waals surface area contributed by atoms with Crippen molar-refractivity contribution >= 4 is 5.97 Å². The molecule has 0 aliphatic heterocycles. The Kier molecular flexibility index (Phi) is 1.98. The molecule has 5 heteroatoms. The number of carboxylic acid groups (broad SMARTS) is 1. The highest BCUT2D eigenvalue weighted by Crippen LogP contribution is 2.19. The van der Waals surface area contributed by atoms with Gasteiger partial charge in [-0.1, -0.05) is 0 Å². The maximum absolute atomic E-state index is 10.8. The fourth-order valence-electron chi connectivity index (χ4n) is 1.21. The number of hydrogen-bond donors (Lipinski definition) is 2. The van der Waals surface area contributed by atoms with Crippen molar-refractivity contribution in [1.29, 1.82) is 0 Å². The number of nitrogens with zero attached hydrogens (tertiary/aromatic N) is 2. The largest absolute Gasteiger partial charge is 0.478 e. The van der Waals surface area contributed by atoms with Crippen LogP contribution in [-0.4, -0.2) is 26.3 Å². The maximum Gasteiger partial charge on any atom is 0.337 e. The summed E-state index contributed by atoms with van der Waals surface area (Å²) < 4.78 is 0. The monoisotopic (exact) mass is 189 g/mol. The van der Waals surface area contributed by atoms with Crippen molar-refractivity contribution in [1.82, 2.24) is 15.2 Å². The maximum atomic E-state index is 10.8. The number of rotatable bonds is 2. The lowest BCUT2D eigenvalue weighted by Crippen LogP contribution is -2.00. The molecule has 0 spiro atoms. The van der Waals surface area contributed by atoms with Crippen LogP contribution in [0.15, 0.2) is 30.7 Å². The van der Waals surface area contributed by atoms with Crippen molar-refractivity contribution in [2.45, 2.75) is 0 Å². The van der Waals surface area contributed by atoms with E-state index in [0.29, 0.717) is 11.3 Å². The second-order valence-corrected chi connectivity index (χ2v) is 2.70. The number of H-pyrrole nitrogens is 1. The SMILES string of the molecule is O=C(O)c1cnccc1-c1ccn[nH]1. The Bertz CT molecular complexity index is 451. The second-order valence-electron chi connectivity index (χ2n) is 2.70. The molecule has 0 aromatic carbocycles. The fraction of sp³-hybridized carbons (Fsp3) is 0. The van der Waals surface area contributed by atoms with E-state index in [0.717, 1.165) is 0 Å². The van der Waals surface area contributed by atoms with Crippen LogP contribution in [0.5, 0.6) is 0 Å². The molecule has 0 amide bonds. The molecule has 14 heavy (non-hydrogen) atoms. The molecule has 0 fully saturated rings. The smallest absolute Gasteiger partial charge is 0.337 e. The van der Waals surface area contributed by atoms with Gasteiger partial charge in [-0.15, -0.1) is 0 Å². The highest BCUT2D eigenvalue weighted by molar-refractivity contribution is 5.94. The number of carbonyl (C=O) groups is 1.